The van der Waals surface area contributed by atoms with E-state index >= 15 is 0 Å². The normalized spacial score (nSPS) is 11.8. The van der Waals surface area contributed by atoms with E-state index in [-0.39, 0.29) is 49.2 Å². The van der Waals surface area contributed by atoms with Crippen LogP contribution in [-0.4, -0.2) is 70.3 Å². The lowest BCUT2D eigenvalue weighted by atomic mass is 9.84. The number of amides is 1. The van der Waals surface area contributed by atoms with Crippen LogP contribution in [0.1, 0.15) is 54.7 Å². The number of methoxy groups -OCH3 is 1. The van der Waals surface area contributed by atoms with Crippen molar-refractivity contribution in [2.75, 3.05) is 33.9 Å². The first-order valence-corrected chi connectivity index (χ1v) is 12.3. The van der Waals surface area contributed by atoms with Gasteiger partial charge >= 0.3 is 6.09 Å². The van der Waals surface area contributed by atoms with E-state index in [9.17, 15) is 14.7 Å². The number of rotatable bonds is 9. The van der Waals surface area contributed by atoms with Gasteiger partial charge in [-0.25, -0.2) is 14.5 Å². The molecule has 13 heteroatoms. The van der Waals surface area contributed by atoms with E-state index in [1.54, 1.807) is 26.2 Å². The number of aliphatic hydroxyl groups excluding tert-OH is 1. The molecule has 1 aromatic carbocycles. The molecular formula is C26H37ClN6O6. The van der Waals surface area contributed by atoms with Crippen LogP contribution in [0, 0.1) is 13.8 Å². The number of aliphatic hydroxyl groups is 1. The summed E-state index contributed by atoms with van der Waals surface area (Å²) in [6.07, 6.45) is -0.648. The van der Waals surface area contributed by atoms with Crippen molar-refractivity contribution in [3.05, 3.63) is 40.0 Å². The summed E-state index contributed by atoms with van der Waals surface area (Å²) in [7, 11) is 3.00. The summed E-state index contributed by atoms with van der Waals surface area (Å²) >= 11 is 0. The number of carbonyl (C=O) groups is 2. The molecule has 0 saturated heterocycles. The molecule has 3 rings (SSSR count). The molecule has 0 aliphatic carbocycles. The summed E-state index contributed by atoms with van der Waals surface area (Å²) in [5.41, 5.74) is 3.05. The lowest BCUT2D eigenvalue weighted by Crippen LogP contribution is -2.29. The van der Waals surface area contributed by atoms with Crippen molar-refractivity contribution in [3.8, 4) is 17.4 Å². The van der Waals surface area contributed by atoms with E-state index in [1.165, 1.54) is 16.2 Å². The van der Waals surface area contributed by atoms with E-state index in [4.69, 9.17) is 14.2 Å². The zero-order chi connectivity index (χ0) is 28.2. The molecule has 1 amide bonds. The fraction of sp³-hybridized carbons (Fsp3) is 0.500. The van der Waals surface area contributed by atoms with Gasteiger partial charge in [-0.1, -0.05) is 20.8 Å². The Bertz CT molecular complexity index is 1420. The van der Waals surface area contributed by atoms with Gasteiger partial charge in [0.2, 0.25) is 11.5 Å². The number of hydrogen-bond acceptors (Lipinski definition) is 9. The summed E-state index contributed by atoms with van der Waals surface area (Å²) in [6.45, 7) is 11.7. The standard InChI is InChI=1S/C26H36N6O6.ClH/c1-9-28-24-31(29-22-15(2)16(3)23(30-32(22)24)38-25(35)27-7)14-19(34)17-12-18(26(4,5)6)21(36-8)20(13-17)37-11-10-33;/h12-13,33H,9-11,14H2,1-8H3,(H,27,35);1H/b28-24+;. The van der Waals surface area contributed by atoms with Gasteiger partial charge in [0.05, 0.1) is 13.7 Å². The van der Waals surface area contributed by atoms with Crippen molar-refractivity contribution in [2.24, 2.45) is 4.99 Å². The van der Waals surface area contributed by atoms with E-state index in [2.05, 4.69) is 20.5 Å². The number of benzene rings is 1. The lowest BCUT2D eigenvalue weighted by molar-refractivity contribution is 0.0965. The average molecular weight is 565 g/mol. The van der Waals surface area contributed by atoms with Crippen molar-refractivity contribution in [1.29, 1.82) is 0 Å². The Morgan fingerprint density at radius 3 is 2.41 bits per heavy atom. The minimum Gasteiger partial charge on any atom is -0.493 e. The van der Waals surface area contributed by atoms with Crippen LogP contribution < -0.4 is 25.1 Å². The molecule has 0 spiro atoms. The van der Waals surface area contributed by atoms with Gasteiger partial charge in [0.1, 0.15) is 13.2 Å². The van der Waals surface area contributed by atoms with Gasteiger partial charge in [0.15, 0.2) is 22.9 Å². The van der Waals surface area contributed by atoms with Crippen molar-refractivity contribution >= 4 is 29.9 Å². The number of nitrogens with one attached hydrogen (secondary N) is 1. The van der Waals surface area contributed by atoms with Crippen LogP contribution in [-0.2, 0) is 12.0 Å². The molecule has 0 fully saturated rings. The summed E-state index contributed by atoms with van der Waals surface area (Å²) in [6, 6.07) is 3.41. The van der Waals surface area contributed by atoms with Gasteiger partial charge in [-0.2, -0.15) is 4.52 Å². The number of aryl methyl sites for hydroxylation is 1. The van der Waals surface area contributed by atoms with Gasteiger partial charge in [0.25, 0.3) is 0 Å². The predicted molar refractivity (Wildman–Crippen MR) is 147 cm³/mol. The predicted octanol–water partition coefficient (Wildman–Crippen LogP) is 2.77. The average Bonchev–Trinajstić information content (AvgIpc) is 3.21. The Morgan fingerprint density at radius 1 is 1.15 bits per heavy atom. The van der Waals surface area contributed by atoms with E-state index in [1.807, 2.05) is 34.6 Å². The number of aromatic nitrogens is 4. The van der Waals surface area contributed by atoms with Crippen LogP contribution in [0.25, 0.3) is 5.65 Å². The third-order valence-electron chi connectivity index (χ3n) is 5.97. The lowest BCUT2D eigenvalue weighted by Gasteiger charge is -2.25. The number of fused-ring (bicyclic) bond motifs is 1. The minimum absolute atomic E-state index is 0. The summed E-state index contributed by atoms with van der Waals surface area (Å²) in [5, 5.41) is 20.8. The van der Waals surface area contributed by atoms with Gasteiger partial charge in [-0.05, 0) is 38.3 Å². The van der Waals surface area contributed by atoms with E-state index in [0.29, 0.717) is 40.4 Å². The van der Waals surface area contributed by atoms with Crippen LogP contribution in [0.3, 0.4) is 0 Å². The third-order valence-corrected chi connectivity index (χ3v) is 5.97. The number of hydrogen-bond donors (Lipinski definition) is 2. The molecule has 0 unspecified atom stereocenters. The SMILES string of the molecule is CC/N=c1\n(CC(=O)c2cc(OCCO)c(OC)c(C(C)(C)C)c2)nc2c(C)c(C)c(OC(=O)NC)nn12.Cl. The van der Waals surface area contributed by atoms with Gasteiger partial charge in [-0.3, -0.25) is 4.79 Å². The van der Waals surface area contributed by atoms with E-state index < -0.39 is 6.09 Å². The highest BCUT2D eigenvalue weighted by atomic mass is 35.5. The van der Waals surface area contributed by atoms with Crippen molar-refractivity contribution in [1.82, 2.24) is 24.7 Å². The molecular weight excluding hydrogens is 528 g/mol. The maximum Gasteiger partial charge on any atom is 0.413 e. The Hall–Kier alpha value is -3.64. The molecule has 0 aliphatic rings. The molecule has 0 atom stereocenters. The molecule has 214 valence electrons. The maximum atomic E-state index is 13.6. The zero-order valence-electron chi connectivity index (χ0n) is 23.6. The molecule has 0 radical (unpaired) electrons. The van der Waals surface area contributed by atoms with Crippen molar-refractivity contribution < 1.29 is 28.9 Å². The first-order valence-electron chi connectivity index (χ1n) is 12.3. The van der Waals surface area contributed by atoms with Gasteiger partial charge in [0, 0.05) is 35.8 Å². The molecule has 39 heavy (non-hydrogen) atoms. The quantitative estimate of drug-likeness (QED) is 0.378. The maximum absolute atomic E-state index is 13.6. The monoisotopic (exact) mass is 564 g/mol. The highest BCUT2D eigenvalue weighted by Gasteiger charge is 2.26. The molecule has 0 saturated carbocycles. The summed E-state index contributed by atoms with van der Waals surface area (Å²) < 4.78 is 19.6. The fourth-order valence-electron chi connectivity index (χ4n) is 3.88. The largest absolute Gasteiger partial charge is 0.493 e. The summed E-state index contributed by atoms with van der Waals surface area (Å²) in [5.74, 6) is 0.779. The number of ether oxygens (including phenoxy) is 3. The fourth-order valence-corrected chi connectivity index (χ4v) is 3.88. The minimum atomic E-state index is -0.648. The Labute approximate surface area is 233 Å². The van der Waals surface area contributed by atoms with Crippen LogP contribution in [0.15, 0.2) is 17.1 Å². The Morgan fingerprint density at radius 2 is 1.85 bits per heavy atom. The Kier molecular flexibility index (Phi) is 10.5. The number of carbonyl (C=O) groups excluding carboxylic acids is 2. The molecule has 3 aromatic rings. The summed E-state index contributed by atoms with van der Waals surface area (Å²) in [4.78, 5) is 29.9. The highest BCUT2D eigenvalue weighted by Crippen LogP contribution is 2.40. The number of Topliss-reactive ketones (excluding diaryl/α,β-unsaturated/α-hetero) is 1. The smallest absolute Gasteiger partial charge is 0.413 e. The Balaban J connectivity index is 0.00000533. The van der Waals surface area contributed by atoms with Gasteiger partial charge < -0.3 is 24.6 Å². The second-order valence-corrected chi connectivity index (χ2v) is 9.66. The molecule has 2 heterocycles. The van der Waals surface area contributed by atoms with Crippen molar-refractivity contribution in [2.45, 2.75) is 53.5 Å². The van der Waals surface area contributed by atoms with Crippen LogP contribution in [0.4, 0.5) is 4.79 Å². The van der Waals surface area contributed by atoms with Crippen molar-refractivity contribution in [3.63, 3.8) is 0 Å². The number of ketones is 1. The second kappa shape index (κ2) is 12.9. The zero-order valence-corrected chi connectivity index (χ0v) is 24.4. The van der Waals surface area contributed by atoms with Crippen LogP contribution >= 0.6 is 12.4 Å². The highest BCUT2D eigenvalue weighted by molar-refractivity contribution is 5.97. The van der Waals surface area contributed by atoms with E-state index in [0.717, 1.165) is 11.1 Å². The molecule has 0 bridgehead atoms. The van der Waals surface area contributed by atoms with Crippen LogP contribution in [0.5, 0.6) is 17.4 Å². The number of halogens is 1. The molecule has 0 aliphatic heterocycles. The second-order valence-electron chi connectivity index (χ2n) is 9.66. The molecule has 12 nitrogen and oxygen atoms in total. The first-order chi connectivity index (χ1) is 18.0. The first kappa shape index (κ1) is 31.6. The third kappa shape index (κ3) is 6.69. The molecule has 2 N–H and O–H groups in total. The van der Waals surface area contributed by atoms with Crippen LogP contribution in [0.2, 0.25) is 0 Å². The topological polar surface area (TPSA) is 142 Å². The number of nitrogens with zero attached hydrogens (tertiary/aromatic N) is 5. The van der Waals surface area contributed by atoms with Gasteiger partial charge in [-0.15, -0.1) is 22.6 Å². The molecule has 2 aromatic heterocycles.